The minimum absolute atomic E-state index is 0.167. The minimum atomic E-state index is -3.56. The van der Waals surface area contributed by atoms with Crippen molar-refractivity contribution >= 4 is 10.0 Å². The molecule has 0 aliphatic heterocycles. The van der Waals surface area contributed by atoms with Crippen molar-refractivity contribution in [1.82, 2.24) is 9.71 Å². The molecule has 2 rings (SSSR count). The number of sulfonamides is 1. The molecule has 0 aliphatic carbocycles. The third-order valence-corrected chi connectivity index (χ3v) is 4.36. The summed E-state index contributed by atoms with van der Waals surface area (Å²) >= 11 is 0. The van der Waals surface area contributed by atoms with E-state index in [0.29, 0.717) is 12.4 Å². The molecule has 0 unspecified atom stereocenters. The quantitative estimate of drug-likeness (QED) is 0.831. The summed E-state index contributed by atoms with van der Waals surface area (Å²) in [5.74, 6) is 0.444. The first kappa shape index (κ1) is 15.4. The van der Waals surface area contributed by atoms with E-state index in [1.807, 2.05) is 0 Å². The van der Waals surface area contributed by atoms with Gasteiger partial charge in [0.15, 0.2) is 0 Å². The van der Waals surface area contributed by atoms with E-state index >= 15 is 0 Å². The van der Waals surface area contributed by atoms with Crippen LogP contribution in [0.3, 0.4) is 0 Å². The van der Waals surface area contributed by atoms with Crippen molar-refractivity contribution in [3.8, 4) is 5.88 Å². The number of rotatable bonds is 6. The number of ether oxygens (including phenoxy) is 1. The molecule has 0 spiro atoms. The fourth-order valence-corrected chi connectivity index (χ4v) is 2.76. The fraction of sp³-hybridized carbons (Fsp3) is 0.214. The van der Waals surface area contributed by atoms with Gasteiger partial charge in [-0.3, -0.25) is 0 Å². The zero-order valence-corrected chi connectivity index (χ0v) is 12.4. The number of methoxy groups -OCH3 is 1. The normalized spacial score (nSPS) is 11.3. The highest BCUT2D eigenvalue weighted by Gasteiger charge is 2.13. The highest BCUT2D eigenvalue weighted by atomic mass is 32.2. The van der Waals surface area contributed by atoms with Crippen molar-refractivity contribution < 1.29 is 13.2 Å². The number of aromatic nitrogens is 1. The van der Waals surface area contributed by atoms with Crippen molar-refractivity contribution in [3.05, 3.63) is 53.7 Å². The maximum absolute atomic E-state index is 12.2. The summed E-state index contributed by atoms with van der Waals surface area (Å²) in [5, 5.41) is 0. The van der Waals surface area contributed by atoms with Crippen LogP contribution in [0.4, 0.5) is 0 Å². The van der Waals surface area contributed by atoms with E-state index in [-0.39, 0.29) is 11.4 Å². The van der Waals surface area contributed by atoms with Crippen LogP contribution in [-0.2, 0) is 23.1 Å². The molecule has 0 aliphatic rings. The highest BCUT2D eigenvalue weighted by Crippen LogP contribution is 2.12. The van der Waals surface area contributed by atoms with Crippen LogP contribution in [0.2, 0.25) is 0 Å². The Morgan fingerprint density at radius 3 is 2.52 bits per heavy atom. The van der Waals surface area contributed by atoms with E-state index in [2.05, 4.69) is 9.71 Å². The maximum Gasteiger partial charge on any atom is 0.240 e. The van der Waals surface area contributed by atoms with Crippen LogP contribution in [0.15, 0.2) is 47.5 Å². The van der Waals surface area contributed by atoms with Gasteiger partial charge in [-0.1, -0.05) is 12.1 Å². The number of benzene rings is 1. The average molecular weight is 307 g/mol. The lowest BCUT2D eigenvalue weighted by molar-refractivity contribution is 0.397. The molecular formula is C14H17N3O3S. The van der Waals surface area contributed by atoms with Crippen LogP contribution in [0, 0.1) is 0 Å². The SMILES string of the molecule is COc1cc(CNS(=O)(=O)c2ccc(CN)cc2)ccn1. The summed E-state index contributed by atoms with van der Waals surface area (Å²) in [6.07, 6.45) is 1.57. The summed E-state index contributed by atoms with van der Waals surface area (Å²) in [7, 11) is -2.05. The van der Waals surface area contributed by atoms with E-state index in [1.165, 1.54) is 19.2 Å². The molecule has 0 fully saturated rings. The van der Waals surface area contributed by atoms with Gasteiger partial charge in [-0.25, -0.2) is 18.1 Å². The van der Waals surface area contributed by atoms with Crippen LogP contribution in [0.5, 0.6) is 5.88 Å². The topological polar surface area (TPSA) is 94.3 Å². The van der Waals surface area contributed by atoms with E-state index in [0.717, 1.165) is 11.1 Å². The first-order chi connectivity index (χ1) is 10.0. The predicted octanol–water partition coefficient (Wildman–Crippen LogP) is 1.03. The Kier molecular flexibility index (Phi) is 4.89. The van der Waals surface area contributed by atoms with E-state index in [1.54, 1.807) is 30.5 Å². The molecular weight excluding hydrogens is 290 g/mol. The molecule has 2 aromatic rings. The summed E-state index contributed by atoms with van der Waals surface area (Å²) < 4.78 is 31.9. The van der Waals surface area contributed by atoms with Crippen molar-refractivity contribution in [3.63, 3.8) is 0 Å². The number of hydrogen-bond acceptors (Lipinski definition) is 5. The molecule has 0 radical (unpaired) electrons. The second-order valence-corrected chi connectivity index (χ2v) is 6.15. The zero-order chi connectivity index (χ0) is 15.3. The number of hydrogen-bond donors (Lipinski definition) is 2. The largest absolute Gasteiger partial charge is 0.481 e. The molecule has 1 heterocycles. The van der Waals surface area contributed by atoms with Crippen LogP contribution < -0.4 is 15.2 Å². The zero-order valence-electron chi connectivity index (χ0n) is 11.6. The molecule has 1 aromatic heterocycles. The number of nitrogens with zero attached hydrogens (tertiary/aromatic N) is 1. The minimum Gasteiger partial charge on any atom is -0.481 e. The van der Waals surface area contributed by atoms with E-state index in [9.17, 15) is 8.42 Å². The first-order valence-corrected chi connectivity index (χ1v) is 7.81. The Morgan fingerprint density at radius 2 is 1.90 bits per heavy atom. The van der Waals surface area contributed by atoms with E-state index < -0.39 is 10.0 Å². The highest BCUT2D eigenvalue weighted by molar-refractivity contribution is 7.89. The lowest BCUT2D eigenvalue weighted by atomic mass is 10.2. The maximum atomic E-state index is 12.2. The van der Waals surface area contributed by atoms with Gasteiger partial charge in [0.25, 0.3) is 0 Å². The van der Waals surface area contributed by atoms with Crippen molar-refractivity contribution in [2.45, 2.75) is 18.0 Å². The second kappa shape index (κ2) is 6.66. The molecule has 21 heavy (non-hydrogen) atoms. The van der Waals surface area contributed by atoms with Crippen LogP contribution in [0.1, 0.15) is 11.1 Å². The van der Waals surface area contributed by atoms with Gasteiger partial charge in [-0.2, -0.15) is 0 Å². The number of nitrogens with one attached hydrogen (secondary N) is 1. The Hall–Kier alpha value is -1.96. The average Bonchev–Trinajstić information content (AvgIpc) is 2.53. The summed E-state index contributed by atoms with van der Waals surface area (Å²) in [5.41, 5.74) is 7.14. The Labute approximate surface area is 124 Å². The van der Waals surface area contributed by atoms with E-state index in [4.69, 9.17) is 10.5 Å². The Bertz CT molecular complexity index is 700. The number of nitrogens with two attached hydrogens (primary N) is 1. The summed E-state index contributed by atoms with van der Waals surface area (Å²) in [4.78, 5) is 4.18. The molecule has 6 nitrogen and oxygen atoms in total. The number of pyridine rings is 1. The van der Waals surface area contributed by atoms with Crippen molar-refractivity contribution in [1.29, 1.82) is 0 Å². The van der Waals surface area contributed by atoms with Gasteiger partial charge in [0.2, 0.25) is 15.9 Å². The van der Waals surface area contributed by atoms with Gasteiger partial charge in [0, 0.05) is 25.4 Å². The standard InChI is InChI=1S/C14H17N3O3S/c1-20-14-8-12(6-7-16-14)10-17-21(18,19)13-4-2-11(9-15)3-5-13/h2-8,17H,9-10,15H2,1H3. The van der Waals surface area contributed by atoms with Gasteiger partial charge in [-0.15, -0.1) is 0 Å². The Morgan fingerprint density at radius 1 is 1.19 bits per heavy atom. The molecule has 1 aromatic carbocycles. The molecule has 3 N–H and O–H groups in total. The Balaban J connectivity index is 2.09. The van der Waals surface area contributed by atoms with Gasteiger partial charge in [0.05, 0.1) is 12.0 Å². The van der Waals surface area contributed by atoms with Gasteiger partial charge < -0.3 is 10.5 Å². The third kappa shape index (κ3) is 4.01. The monoisotopic (exact) mass is 307 g/mol. The predicted molar refractivity (Wildman–Crippen MR) is 79.1 cm³/mol. The molecule has 112 valence electrons. The van der Waals surface area contributed by atoms with Crippen LogP contribution >= 0.6 is 0 Å². The van der Waals surface area contributed by atoms with Gasteiger partial charge >= 0.3 is 0 Å². The lowest BCUT2D eigenvalue weighted by Gasteiger charge is -2.08. The molecule has 7 heteroatoms. The molecule has 0 amide bonds. The molecule has 0 atom stereocenters. The summed E-state index contributed by atoms with van der Waals surface area (Å²) in [6, 6.07) is 9.88. The van der Waals surface area contributed by atoms with Crippen molar-refractivity contribution in [2.24, 2.45) is 5.73 Å². The molecule has 0 bridgehead atoms. The van der Waals surface area contributed by atoms with Gasteiger partial charge in [-0.05, 0) is 29.3 Å². The second-order valence-electron chi connectivity index (χ2n) is 4.38. The third-order valence-electron chi connectivity index (χ3n) is 2.94. The molecule has 0 saturated carbocycles. The first-order valence-electron chi connectivity index (χ1n) is 6.33. The smallest absolute Gasteiger partial charge is 0.240 e. The fourth-order valence-electron chi connectivity index (χ4n) is 1.74. The summed E-state index contributed by atoms with van der Waals surface area (Å²) in [6.45, 7) is 0.546. The van der Waals surface area contributed by atoms with Crippen LogP contribution in [0.25, 0.3) is 0 Å². The van der Waals surface area contributed by atoms with Gasteiger partial charge in [0.1, 0.15) is 0 Å². The van der Waals surface area contributed by atoms with Crippen molar-refractivity contribution in [2.75, 3.05) is 7.11 Å². The lowest BCUT2D eigenvalue weighted by Crippen LogP contribution is -2.23. The molecule has 0 saturated heterocycles. The van der Waals surface area contributed by atoms with Crippen LogP contribution in [-0.4, -0.2) is 20.5 Å².